The number of aromatic nitrogens is 1. The zero-order valence-electron chi connectivity index (χ0n) is 13.4. The lowest BCUT2D eigenvalue weighted by atomic mass is 9.76. The fourth-order valence-corrected chi connectivity index (χ4v) is 4.62. The summed E-state index contributed by atoms with van der Waals surface area (Å²) in [6.45, 7) is 7.06. The molecule has 0 bridgehead atoms. The van der Waals surface area contributed by atoms with Crippen LogP contribution in [0.2, 0.25) is 0 Å². The molecule has 1 saturated carbocycles. The van der Waals surface area contributed by atoms with Crippen LogP contribution >= 0.6 is 11.3 Å². The molecule has 2 atom stereocenters. The molecule has 0 aliphatic heterocycles. The van der Waals surface area contributed by atoms with Gasteiger partial charge in [0.15, 0.2) is 5.13 Å². The summed E-state index contributed by atoms with van der Waals surface area (Å²) in [6, 6.07) is 1.10. The number of anilines is 1. The molecule has 1 aromatic heterocycles. The highest BCUT2D eigenvalue weighted by atomic mass is 32.1. The molecule has 2 aliphatic rings. The minimum Gasteiger partial charge on any atom is -0.348 e. The van der Waals surface area contributed by atoms with Crippen molar-refractivity contribution in [3.8, 4) is 0 Å². The summed E-state index contributed by atoms with van der Waals surface area (Å²) in [6.07, 6.45) is 5.11. The molecule has 2 unspecified atom stereocenters. The highest BCUT2D eigenvalue weighted by Gasteiger charge is 2.36. The van der Waals surface area contributed by atoms with Crippen molar-refractivity contribution < 1.29 is 0 Å². The van der Waals surface area contributed by atoms with Gasteiger partial charge in [-0.05, 0) is 51.0 Å². The Morgan fingerprint density at radius 2 is 2.10 bits per heavy atom. The maximum Gasteiger partial charge on any atom is 0.185 e. The third kappa shape index (κ3) is 2.60. The van der Waals surface area contributed by atoms with Gasteiger partial charge in [-0.15, -0.1) is 0 Å². The van der Waals surface area contributed by atoms with Crippen molar-refractivity contribution in [1.82, 2.24) is 10.3 Å². The summed E-state index contributed by atoms with van der Waals surface area (Å²) >= 11 is 1.90. The molecule has 4 heteroatoms. The Morgan fingerprint density at radius 1 is 1.40 bits per heavy atom. The van der Waals surface area contributed by atoms with E-state index in [9.17, 15) is 0 Å². The van der Waals surface area contributed by atoms with Gasteiger partial charge < -0.3 is 10.2 Å². The lowest BCUT2D eigenvalue weighted by Gasteiger charge is -2.34. The first-order chi connectivity index (χ1) is 9.41. The van der Waals surface area contributed by atoms with Crippen molar-refractivity contribution in [2.75, 3.05) is 19.0 Å². The van der Waals surface area contributed by atoms with Gasteiger partial charge in [0, 0.05) is 24.0 Å². The number of thiazole rings is 1. The topological polar surface area (TPSA) is 28.2 Å². The third-order valence-corrected chi connectivity index (χ3v) is 6.30. The van der Waals surface area contributed by atoms with E-state index in [2.05, 4.69) is 45.1 Å². The summed E-state index contributed by atoms with van der Waals surface area (Å²) in [4.78, 5) is 8.85. The van der Waals surface area contributed by atoms with Crippen LogP contribution in [0.15, 0.2) is 0 Å². The number of nitrogens with zero attached hydrogens (tertiary/aromatic N) is 2. The second-order valence-corrected chi connectivity index (χ2v) is 8.39. The van der Waals surface area contributed by atoms with E-state index >= 15 is 0 Å². The van der Waals surface area contributed by atoms with E-state index in [1.54, 1.807) is 0 Å². The van der Waals surface area contributed by atoms with Gasteiger partial charge in [0.25, 0.3) is 0 Å². The first-order valence-corrected chi connectivity index (χ1v) is 8.62. The average Bonchev–Trinajstić information content (AvgIpc) is 3.15. The van der Waals surface area contributed by atoms with Crippen molar-refractivity contribution in [1.29, 1.82) is 0 Å². The van der Waals surface area contributed by atoms with Crippen LogP contribution < -0.4 is 10.2 Å². The molecule has 1 fully saturated rings. The van der Waals surface area contributed by atoms with Gasteiger partial charge in [0.2, 0.25) is 0 Å². The van der Waals surface area contributed by atoms with Crippen LogP contribution in [0, 0.1) is 11.3 Å². The van der Waals surface area contributed by atoms with Gasteiger partial charge in [-0.2, -0.15) is 0 Å². The monoisotopic (exact) mass is 293 g/mol. The highest BCUT2D eigenvalue weighted by Crippen LogP contribution is 2.45. The van der Waals surface area contributed by atoms with E-state index in [4.69, 9.17) is 4.98 Å². The fourth-order valence-electron chi connectivity index (χ4n) is 3.37. The van der Waals surface area contributed by atoms with Crippen molar-refractivity contribution in [3.05, 3.63) is 10.6 Å². The third-order valence-electron chi connectivity index (χ3n) is 5.00. The maximum absolute atomic E-state index is 4.98. The summed E-state index contributed by atoms with van der Waals surface area (Å²) in [5, 5.41) is 4.70. The van der Waals surface area contributed by atoms with Gasteiger partial charge in [0.05, 0.1) is 5.69 Å². The smallest absolute Gasteiger partial charge is 0.185 e. The lowest BCUT2D eigenvalue weighted by molar-refractivity contribution is 0.265. The Morgan fingerprint density at radius 3 is 2.70 bits per heavy atom. The summed E-state index contributed by atoms with van der Waals surface area (Å²) in [5.74, 6) is 0.887. The van der Waals surface area contributed by atoms with Crippen molar-refractivity contribution in [3.63, 3.8) is 0 Å². The van der Waals surface area contributed by atoms with Crippen molar-refractivity contribution in [2.45, 2.75) is 58.5 Å². The molecule has 3 nitrogen and oxygen atoms in total. The normalized spacial score (nSPS) is 26.1. The Balaban J connectivity index is 1.87. The highest BCUT2D eigenvalue weighted by molar-refractivity contribution is 7.15. The van der Waals surface area contributed by atoms with Gasteiger partial charge in [-0.1, -0.05) is 25.2 Å². The molecule has 0 spiro atoms. The minimum atomic E-state index is 0.354. The zero-order chi connectivity index (χ0) is 14.5. The fraction of sp³-hybridized carbons (Fsp3) is 0.812. The Hall–Kier alpha value is -0.610. The standard InChI is InChI=1S/C16H27N3S/c1-10(11-6-7-11)19(5)15-18-13-9-16(2,3)8-12(17-4)14(13)20-15/h10-12,17H,6-9H2,1-5H3. The number of nitrogens with one attached hydrogen (secondary N) is 1. The van der Waals surface area contributed by atoms with Gasteiger partial charge in [-0.25, -0.2) is 4.98 Å². The van der Waals surface area contributed by atoms with Crippen LogP contribution in [0.3, 0.4) is 0 Å². The van der Waals surface area contributed by atoms with Crippen LogP contribution in [0.4, 0.5) is 5.13 Å². The second-order valence-electron chi connectivity index (χ2n) is 7.38. The van der Waals surface area contributed by atoms with E-state index in [0.717, 1.165) is 12.3 Å². The molecule has 2 aliphatic carbocycles. The SMILES string of the molecule is CNC1CC(C)(C)Cc2nc(N(C)C(C)C3CC3)sc21. The molecule has 0 radical (unpaired) electrons. The number of hydrogen-bond donors (Lipinski definition) is 1. The van der Waals surface area contributed by atoms with E-state index in [1.165, 1.54) is 35.0 Å². The van der Waals surface area contributed by atoms with Crippen molar-refractivity contribution >= 4 is 16.5 Å². The quantitative estimate of drug-likeness (QED) is 0.919. The summed E-state index contributed by atoms with van der Waals surface area (Å²) in [5.41, 5.74) is 1.68. The average molecular weight is 293 g/mol. The number of fused-ring (bicyclic) bond motifs is 1. The largest absolute Gasteiger partial charge is 0.348 e. The molecule has 1 aromatic rings. The molecular weight excluding hydrogens is 266 g/mol. The van der Waals surface area contributed by atoms with E-state index in [-0.39, 0.29) is 0 Å². The van der Waals surface area contributed by atoms with Gasteiger partial charge in [0.1, 0.15) is 0 Å². The molecule has 112 valence electrons. The van der Waals surface area contributed by atoms with Gasteiger partial charge >= 0.3 is 0 Å². The Kier molecular flexibility index (Phi) is 3.57. The molecule has 0 amide bonds. The maximum atomic E-state index is 4.98. The van der Waals surface area contributed by atoms with Crippen LogP contribution in [0.1, 0.15) is 56.6 Å². The van der Waals surface area contributed by atoms with Crippen LogP contribution in [0.25, 0.3) is 0 Å². The second kappa shape index (κ2) is 4.99. The number of hydrogen-bond acceptors (Lipinski definition) is 4. The zero-order valence-corrected chi connectivity index (χ0v) is 14.2. The van der Waals surface area contributed by atoms with Crippen molar-refractivity contribution in [2.24, 2.45) is 11.3 Å². The van der Waals surface area contributed by atoms with Gasteiger partial charge in [-0.3, -0.25) is 0 Å². The van der Waals surface area contributed by atoms with Crippen LogP contribution in [0.5, 0.6) is 0 Å². The molecule has 1 heterocycles. The van der Waals surface area contributed by atoms with E-state index in [1.807, 2.05) is 11.3 Å². The first kappa shape index (κ1) is 14.3. The Bertz CT molecular complexity index is 490. The molecule has 20 heavy (non-hydrogen) atoms. The predicted octanol–water partition coefficient (Wildman–Crippen LogP) is 3.61. The van der Waals surface area contributed by atoms with E-state index < -0.39 is 0 Å². The minimum absolute atomic E-state index is 0.354. The molecule has 0 saturated heterocycles. The molecule has 3 rings (SSSR count). The number of rotatable bonds is 4. The van der Waals surface area contributed by atoms with E-state index in [0.29, 0.717) is 17.5 Å². The summed E-state index contributed by atoms with van der Waals surface area (Å²) < 4.78 is 0. The predicted molar refractivity (Wildman–Crippen MR) is 86.6 cm³/mol. The Labute approximate surface area is 126 Å². The first-order valence-electron chi connectivity index (χ1n) is 7.81. The van der Waals surface area contributed by atoms with Crippen LogP contribution in [-0.4, -0.2) is 25.1 Å². The summed E-state index contributed by atoms with van der Waals surface area (Å²) in [7, 11) is 4.29. The molecular formula is C16H27N3S. The molecule has 1 N–H and O–H groups in total. The van der Waals surface area contributed by atoms with Crippen LogP contribution in [-0.2, 0) is 6.42 Å². The molecule has 0 aromatic carbocycles. The lowest BCUT2D eigenvalue weighted by Crippen LogP contribution is -2.31.